The van der Waals surface area contributed by atoms with Crippen molar-refractivity contribution in [1.29, 1.82) is 0 Å². The molecule has 0 saturated carbocycles. The van der Waals surface area contributed by atoms with Crippen LogP contribution in [-0.4, -0.2) is 32.4 Å². The van der Waals surface area contributed by atoms with Gasteiger partial charge in [-0.05, 0) is 19.4 Å². The highest BCUT2D eigenvalue weighted by Gasteiger charge is 2.35. The fraction of sp³-hybridized carbons (Fsp3) is 0.417. The molecule has 21 heavy (non-hydrogen) atoms. The summed E-state index contributed by atoms with van der Waals surface area (Å²) in [4.78, 5) is 37.1. The molecule has 0 bridgehead atoms. The summed E-state index contributed by atoms with van der Waals surface area (Å²) < 4.78 is 0. The Bertz CT molecular complexity index is 592. The highest BCUT2D eigenvalue weighted by molar-refractivity contribution is 6.29. The fourth-order valence-corrected chi connectivity index (χ4v) is 1.95. The van der Waals surface area contributed by atoms with Gasteiger partial charge in [0.1, 0.15) is 22.5 Å². The number of nitro groups is 1. The standard InChI is InChI=1S/C12H14ClN3O5/c1-3-4-12(2,11(18)19)15-10(17)7-5-9(13)14-6-8(7)16(20)21/h5-6H,3-4H2,1-2H3,(H,15,17)(H,18,19). The van der Waals surface area contributed by atoms with Crippen LogP contribution in [0.4, 0.5) is 5.69 Å². The molecule has 1 unspecified atom stereocenters. The maximum atomic E-state index is 12.2. The average Bonchev–Trinajstić information content (AvgIpc) is 2.38. The van der Waals surface area contributed by atoms with E-state index in [1.807, 2.05) is 0 Å². The van der Waals surface area contributed by atoms with E-state index >= 15 is 0 Å². The molecule has 2 N–H and O–H groups in total. The van der Waals surface area contributed by atoms with E-state index in [0.29, 0.717) is 6.42 Å². The number of hydrogen-bond acceptors (Lipinski definition) is 5. The van der Waals surface area contributed by atoms with Crippen LogP contribution in [0, 0.1) is 10.1 Å². The Morgan fingerprint density at radius 1 is 1.57 bits per heavy atom. The zero-order chi connectivity index (χ0) is 16.2. The third kappa shape index (κ3) is 3.88. The predicted octanol–water partition coefficient (Wildman–Crippen LogP) is 2.02. The largest absolute Gasteiger partial charge is 0.480 e. The molecule has 0 saturated heterocycles. The maximum Gasteiger partial charge on any atom is 0.329 e. The number of aromatic nitrogens is 1. The molecule has 9 heteroatoms. The number of carbonyl (C=O) groups is 2. The molecule has 0 aliphatic carbocycles. The van der Waals surface area contributed by atoms with Crippen LogP contribution in [0.3, 0.4) is 0 Å². The lowest BCUT2D eigenvalue weighted by molar-refractivity contribution is -0.385. The number of nitrogens with one attached hydrogen (secondary N) is 1. The van der Waals surface area contributed by atoms with Gasteiger partial charge in [-0.1, -0.05) is 24.9 Å². The first-order valence-electron chi connectivity index (χ1n) is 6.07. The summed E-state index contributed by atoms with van der Waals surface area (Å²) >= 11 is 5.63. The summed E-state index contributed by atoms with van der Waals surface area (Å²) in [6.07, 6.45) is 1.55. The molecule has 0 aromatic carbocycles. The van der Waals surface area contributed by atoms with Crippen LogP contribution in [0.1, 0.15) is 37.0 Å². The van der Waals surface area contributed by atoms with Crippen LogP contribution in [0.15, 0.2) is 12.3 Å². The SMILES string of the molecule is CCCC(C)(NC(=O)c1cc(Cl)ncc1[N+](=O)[O-])C(=O)O. The molecule has 1 rings (SSSR count). The summed E-state index contributed by atoms with van der Waals surface area (Å²) in [7, 11) is 0. The molecular formula is C12H14ClN3O5. The van der Waals surface area contributed by atoms with E-state index in [2.05, 4.69) is 10.3 Å². The van der Waals surface area contributed by atoms with E-state index in [4.69, 9.17) is 11.6 Å². The fourth-order valence-electron chi connectivity index (χ4n) is 1.79. The van der Waals surface area contributed by atoms with Crippen molar-refractivity contribution >= 4 is 29.2 Å². The zero-order valence-electron chi connectivity index (χ0n) is 11.4. The summed E-state index contributed by atoms with van der Waals surface area (Å²) in [6, 6.07) is 1.03. The van der Waals surface area contributed by atoms with Crippen LogP contribution in [0.5, 0.6) is 0 Å². The smallest absolute Gasteiger partial charge is 0.329 e. The molecule has 0 spiro atoms. The normalized spacial score (nSPS) is 13.3. The van der Waals surface area contributed by atoms with Gasteiger partial charge in [0.25, 0.3) is 11.6 Å². The topological polar surface area (TPSA) is 122 Å². The van der Waals surface area contributed by atoms with Crippen molar-refractivity contribution in [2.24, 2.45) is 0 Å². The van der Waals surface area contributed by atoms with Gasteiger partial charge in [0, 0.05) is 0 Å². The number of nitrogens with zero attached hydrogens (tertiary/aromatic N) is 2. The number of carbonyl (C=O) groups excluding carboxylic acids is 1. The van der Waals surface area contributed by atoms with Crippen LogP contribution < -0.4 is 5.32 Å². The van der Waals surface area contributed by atoms with Gasteiger partial charge in [-0.3, -0.25) is 14.9 Å². The van der Waals surface area contributed by atoms with E-state index in [0.717, 1.165) is 12.3 Å². The molecule has 1 aromatic rings. The van der Waals surface area contributed by atoms with Gasteiger partial charge in [0.2, 0.25) is 0 Å². The number of carboxylic acid groups (broad SMARTS) is 1. The number of pyridine rings is 1. The molecule has 1 aromatic heterocycles. The molecule has 114 valence electrons. The van der Waals surface area contributed by atoms with Gasteiger partial charge in [0.15, 0.2) is 0 Å². The average molecular weight is 316 g/mol. The lowest BCUT2D eigenvalue weighted by Crippen LogP contribution is -2.52. The van der Waals surface area contributed by atoms with Crippen LogP contribution in [-0.2, 0) is 4.79 Å². The lowest BCUT2D eigenvalue weighted by atomic mass is 9.95. The van der Waals surface area contributed by atoms with Crippen molar-refractivity contribution in [1.82, 2.24) is 10.3 Å². The minimum Gasteiger partial charge on any atom is -0.480 e. The number of amides is 1. The Labute approximate surface area is 125 Å². The molecule has 0 aliphatic rings. The monoisotopic (exact) mass is 315 g/mol. The number of rotatable bonds is 6. The van der Waals surface area contributed by atoms with Crippen molar-refractivity contribution in [2.75, 3.05) is 0 Å². The summed E-state index contributed by atoms with van der Waals surface area (Å²) in [5.41, 5.74) is -2.39. The van der Waals surface area contributed by atoms with Gasteiger partial charge in [-0.25, -0.2) is 9.78 Å². The quantitative estimate of drug-likeness (QED) is 0.470. The zero-order valence-corrected chi connectivity index (χ0v) is 12.2. The summed E-state index contributed by atoms with van der Waals surface area (Å²) in [5, 5.41) is 22.3. The lowest BCUT2D eigenvalue weighted by Gasteiger charge is -2.25. The minimum atomic E-state index is -1.52. The molecule has 1 amide bonds. The van der Waals surface area contributed by atoms with E-state index in [-0.39, 0.29) is 17.1 Å². The second-order valence-corrected chi connectivity index (χ2v) is 5.01. The first-order chi connectivity index (χ1) is 9.71. The minimum absolute atomic E-state index is 0.0988. The number of carboxylic acids is 1. The first-order valence-corrected chi connectivity index (χ1v) is 6.45. The number of halogens is 1. The molecule has 0 fully saturated rings. The molecular weight excluding hydrogens is 302 g/mol. The molecule has 0 aliphatic heterocycles. The third-order valence-electron chi connectivity index (χ3n) is 2.90. The van der Waals surface area contributed by atoms with E-state index in [1.165, 1.54) is 6.92 Å². The Hall–Kier alpha value is -2.22. The van der Waals surface area contributed by atoms with Crippen LogP contribution >= 0.6 is 11.6 Å². The Morgan fingerprint density at radius 2 is 2.19 bits per heavy atom. The second-order valence-electron chi connectivity index (χ2n) is 4.62. The number of aliphatic carboxylic acids is 1. The Morgan fingerprint density at radius 3 is 2.67 bits per heavy atom. The maximum absolute atomic E-state index is 12.2. The van der Waals surface area contributed by atoms with E-state index < -0.39 is 28.0 Å². The highest BCUT2D eigenvalue weighted by Crippen LogP contribution is 2.22. The Kier molecular flexibility index (Phi) is 5.20. The van der Waals surface area contributed by atoms with E-state index in [9.17, 15) is 24.8 Å². The van der Waals surface area contributed by atoms with Crippen LogP contribution in [0.2, 0.25) is 5.15 Å². The van der Waals surface area contributed by atoms with Gasteiger partial charge >= 0.3 is 5.97 Å². The molecule has 1 heterocycles. The molecule has 1 atom stereocenters. The van der Waals surface area contributed by atoms with Crippen molar-refractivity contribution in [3.05, 3.63) is 33.1 Å². The molecule has 0 radical (unpaired) electrons. The first kappa shape index (κ1) is 16.8. The van der Waals surface area contributed by atoms with Gasteiger partial charge in [0.05, 0.1) is 4.92 Å². The predicted molar refractivity (Wildman–Crippen MR) is 74.3 cm³/mol. The molecule has 8 nitrogen and oxygen atoms in total. The number of hydrogen-bond donors (Lipinski definition) is 2. The van der Waals surface area contributed by atoms with Crippen LogP contribution in [0.25, 0.3) is 0 Å². The third-order valence-corrected chi connectivity index (χ3v) is 3.11. The van der Waals surface area contributed by atoms with Gasteiger partial charge in [-0.2, -0.15) is 0 Å². The van der Waals surface area contributed by atoms with E-state index in [1.54, 1.807) is 6.92 Å². The summed E-state index contributed by atoms with van der Waals surface area (Å²) in [6.45, 7) is 3.10. The van der Waals surface area contributed by atoms with Gasteiger partial charge in [-0.15, -0.1) is 0 Å². The van der Waals surface area contributed by atoms with Crippen molar-refractivity contribution in [2.45, 2.75) is 32.2 Å². The Balaban J connectivity index is 3.17. The summed E-state index contributed by atoms with van der Waals surface area (Å²) in [5.74, 6) is -2.11. The highest BCUT2D eigenvalue weighted by atomic mass is 35.5. The van der Waals surface area contributed by atoms with Crippen molar-refractivity contribution in [3.63, 3.8) is 0 Å². The van der Waals surface area contributed by atoms with Crippen molar-refractivity contribution < 1.29 is 19.6 Å². The van der Waals surface area contributed by atoms with Crippen molar-refractivity contribution in [3.8, 4) is 0 Å². The van der Waals surface area contributed by atoms with Gasteiger partial charge < -0.3 is 10.4 Å². The second kappa shape index (κ2) is 6.49.